The van der Waals surface area contributed by atoms with Crippen LogP contribution in [0.15, 0.2) is 23.0 Å². The highest BCUT2D eigenvalue weighted by molar-refractivity contribution is 7.71. The fraction of sp³-hybridized carbons (Fsp3) is 0.333. The van der Waals surface area contributed by atoms with Gasteiger partial charge in [-0.25, -0.2) is 0 Å². The summed E-state index contributed by atoms with van der Waals surface area (Å²) < 4.78 is 1.90. The first-order valence-electron chi connectivity index (χ1n) is 5.72. The molecule has 0 aliphatic rings. The molecule has 0 saturated heterocycles. The third kappa shape index (κ3) is 2.44. The fourth-order valence-corrected chi connectivity index (χ4v) is 2.05. The molecule has 1 heterocycles. The second-order valence-corrected chi connectivity index (χ2v) is 4.94. The number of benzene rings is 1. The minimum atomic E-state index is -0.201. The van der Waals surface area contributed by atoms with Crippen molar-refractivity contribution in [1.82, 2.24) is 9.55 Å². The summed E-state index contributed by atoms with van der Waals surface area (Å²) in [5, 5.41) is 11.7. The summed E-state index contributed by atoms with van der Waals surface area (Å²) >= 11 is 5.17. The van der Waals surface area contributed by atoms with Crippen LogP contribution >= 0.6 is 12.2 Å². The standard InChI is InChI=1S/C12H15N3O2S/c1-14(2)5-6-15-11(17)9-7-8(16)3-4-10(9)13-12(15)18/h3-4,7,16H,5-6H2,1-2H3,(H,13,18). The van der Waals surface area contributed by atoms with Gasteiger partial charge in [0.25, 0.3) is 5.56 Å². The molecule has 2 rings (SSSR count). The third-order valence-corrected chi connectivity index (χ3v) is 3.11. The largest absolute Gasteiger partial charge is 0.872 e. The Morgan fingerprint density at radius 2 is 2.17 bits per heavy atom. The Labute approximate surface area is 109 Å². The molecule has 0 aliphatic heterocycles. The monoisotopic (exact) mass is 265 g/mol. The molecule has 1 aromatic carbocycles. The zero-order chi connectivity index (χ0) is 13.3. The second kappa shape index (κ2) is 4.91. The van der Waals surface area contributed by atoms with Crippen molar-refractivity contribution in [3.05, 3.63) is 33.3 Å². The Hall–Kier alpha value is -1.66. The summed E-state index contributed by atoms with van der Waals surface area (Å²) in [5.41, 5.74) is 0.408. The molecule has 1 aromatic heterocycles. The van der Waals surface area contributed by atoms with E-state index in [0.717, 1.165) is 6.54 Å². The fourth-order valence-electron chi connectivity index (χ4n) is 1.77. The number of likely N-dealkylation sites (N-methyl/N-ethyl adjacent to an activating group) is 1. The molecule has 0 saturated carbocycles. The van der Waals surface area contributed by atoms with Crippen LogP contribution in [0, 0.1) is 4.77 Å². The zero-order valence-corrected chi connectivity index (χ0v) is 11.1. The van der Waals surface area contributed by atoms with E-state index < -0.39 is 0 Å². The predicted molar refractivity (Wildman–Crippen MR) is 70.5 cm³/mol. The highest BCUT2D eigenvalue weighted by atomic mass is 32.1. The van der Waals surface area contributed by atoms with E-state index in [1.807, 2.05) is 14.1 Å². The lowest BCUT2D eigenvalue weighted by Crippen LogP contribution is -3.06. The molecule has 0 unspecified atom stereocenters. The van der Waals surface area contributed by atoms with Gasteiger partial charge in [0.2, 0.25) is 0 Å². The first-order valence-corrected chi connectivity index (χ1v) is 6.13. The van der Waals surface area contributed by atoms with Crippen LogP contribution in [-0.2, 0) is 6.54 Å². The number of hydrogen-bond acceptors (Lipinski definition) is 3. The van der Waals surface area contributed by atoms with Gasteiger partial charge in [0.15, 0.2) is 4.77 Å². The Morgan fingerprint density at radius 1 is 1.44 bits per heavy atom. The number of nitrogens with zero attached hydrogens (tertiary/aromatic N) is 1. The molecule has 18 heavy (non-hydrogen) atoms. The maximum atomic E-state index is 12.2. The van der Waals surface area contributed by atoms with Gasteiger partial charge in [-0.2, -0.15) is 0 Å². The lowest BCUT2D eigenvalue weighted by molar-refractivity contribution is -0.858. The zero-order valence-electron chi connectivity index (χ0n) is 10.3. The van der Waals surface area contributed by atoms with Gasteiger partial charge in [-0.1, -0.05) is 12.1 Å². The van der Waals surface area contributed by atoms with Crippen LogP contribution < -0.4 is 15.6 Å². The number of aromatic nitrogens is 2. The predicted octanol–water partition coefficient (Wildman–Crippen LogP) is -0.723. The smallest absolute Gasteiger partial charge is 0.262 e. The van der Waals surface area contributed by atoms with Crippen LogP contribution in [0.4, 0.5) is 0 Å². The maximum Gasteiger partial charge on any atom is 0.262 e. The van der Waals surface area contributed by atoms with Crippen molar-refractivity contribution in [1.29, 1.82) is 0 Å². The summed E-state index contributed by atoms with van der Waals surface area (Å²) in [4.78, 5) is 16.5. The normalized spacial score (nSPS) is 11.3. The van der Waals surface area contributed by atoms with Gasteiger partial charge in [-0.3, -0.25) is 9.36 Å². The first kappa shape index (κ1) is 12.8. The third-order valence-electron chi connectivity index (χ3n) is 2.79. The van der Waals surface area contributed by atoms with E-state index in [4.69, 9.17) is 12.2 Å². The highest BCUT2D eigenvalue weighted by Crippen LogP contribution is 2.12. The number of quaternary nitrogens is 1. The molecule has 6 heteroatoms. The van der Waals surface area contributed by atoms with Crippen molar-refractivity contribution in [2.45, 2.75) is 6.54 Å². The van der Waals surface area contributed by atoms with Gasteiger partial charge >= 0.3 is 0 Å². The Kier molecular flexibility index (Phi) is 3.49. The molecule has 0 amide bonds. The Bertz CT molecular complexity index is 688. The first-order chi connectivity index (χ1) is 8.49. The van der Waals surface area contributed by atoms with Gasteiger partial charge in [0, 0.05) is 0 Å². The minimum absolute atomic E-state index is 0.171. The van der Waals surface area contributed by atoms with Crippen LogP contribution in [0.1, 0.15) is 0 Å². The topological polar surface area (TPSA) is 65.3 Å². The minimum Gasteiger partial charge on any atom is -0.872 e. The summed E-state index contributed by atoms with van der Waals surface area (Å²) in [5.74, 6) is -0.171. The summed E-state index contributed by atoms with van der Waals surface area (Å²) in [6, 6.07) is 4.36. The molecule has 0 spiro atoms. The van der Waals surface area contributed by atoms with E-state index in [-0.39, 0.29) is 11.3 Å². The van der Waals surface area contributed by atoms with Crippen molar-refractivity contribution < 1.29 is 10.0 Å². The number of rotatable bonds is 3. The summed E-state index contributed by atoms with van der Waals surface area (Å²) in [7, 11) is 4.02. The molecule has 0 bridgehead atoms. The van der Waals surface area contributed by atoms with Gasteiger partial charge in [-0.05, 0) is 18.3 Å². The molecule has 0 fully saturated rings. The maximum absolute atomic E-state index is 12.2. The van der Waals surface area contributed by atoms with Gasteiger partial charge in [-0.15, -0.1) is 5.75 Å². The van der Waals surface area contributed by atoms with Crippen LogP contribution in [0.5, 0.6) is 5.75 Å². The summed E-state index contributed by atoms with van der Waals surface area (Å²) in [6.45, 7) is 1.33. The van der Waals surface area contributed by atoms with E-state index in [2.05, 4.69) is 4.98 Å². The van der Waals surface area contributed by atoms with Crippen molar-refractivity contribution in [2.75, 3.05) is 20.6 Å². The van der Waals surface area contributed by atoms with Gasteiger partial charge < -0.3 is 15.0 Å². The number of aromatic amines is 1. The molecule has 2 N–H and O–H groups in total. The van der Waals surface area contributed by atoms with E-state index in [1.54, 1.807) is 6.07 Å². The molecular formula is C12H15N3O2S. The van der Waals surface area contributed by atoms with Gasteiger partial charge in [0.1, 0.15) is 0 Å². The van der Waals surface area contributed by atoms with E-state index in [9.17, 15) is 9.90 Å². The van der Waals surface area contributed by atoms with Gasteiger partial charge in [0.05, 0.1) is 38.1 Å². The van der Waals surface area contributed by atoms with Crippen LogP contribution in [-0.4, -0.2) is 30.2 Å². The molecule has 96 valence electrons. The Morgan fingerprint density at radius 3 is 2.83 bits per heavy atom. The van der Waals surface area contributed by atoms with E-state index >= 15 is 0 Å². The SMILES string of the molecule is C[NH+](C)CCn1c(=S)[nH]c2ccc([O-])cc2c1=O. The highest BCUT2D eigenvalue weighted by Gasteiger charge is 2.06. The number of fused-ring (bicyclic) bond motifs is 1. The average molecular weight is 265 g/mol. The molecule has 0 aliphatic carbocycles. The van der Waals surface area contributed by atoms with Crippen molar-refractivity contribution in [3.8, 4) is 5.75 Å². The lowest BCUT2D eigenvalue weighted by Gasteiger charge is -2.11. The molecule has 2 aromatic rings. The van der Waals surface area contributed by atoms with Crippen LogP contribution in [0.2, 0.25) is 0 Å². The van der Waals surface area contributed by atoms with Crippen molar-refractivity contribution >= 4 is 23.1 Å². The van der Waals surface area contributed by atoms with Crippen LogP contribution in [0.3, 0.4) is 0 Å². The molecule has 5 nitrogen and oxygen atoms in total. The molecule has 0 radical (unpaired) electrons. The average Bonchev–Trinajstić information content (AvgIpc) is 2.30. The van der Waals surface area contributed by atoms with E-state index in [0.29, 0.717) is 22.2 Å². The number of H-pyrrole nitrogens is 1. The van der Waals surface area contributed by atoms with Crippen LogP contribution in [0.25, 0.3) is 10.9 Å². The Balaban J connectivity index is 2.60. The molecular weight excluding hydrogens is 250 g/mol. The number of nitrogens with one attached hydrogen (secondary N) is 2. The summed E-state index contributed by atoms with van der Waals surface area (Å²) in [6.07, 6.45) is 0. The quantitative estimate of drug-likeness (QED) is 0.720. The lowest BCUT2D eigenvalue weighted by atomic mass is 10.2. The van der Waals surface area contributed by atoms with Crippen molar-refractivity contribution in [3.63, 3.8) is 0 Å². The van der Waals surface area contributed by atoms with Crippen molar-refractivity contribution in [2.24, 2.45) is 0 Å². The number of hydrogen-bond donors (Lipinski definition) is 2. The molecule has 0 atom stereocenters. The second-order valence-electron chi connectivity index (χ2n) is 4.55. The van der Waals surface area contributed by atoms with E-state index in [1.165, 1.54) is 21.6 Å².